The molecule has 2 aromatic rings. The molecule has 1 aliphatic rings. The average molecular weight is 359 g/mol. The predicted molar refractivity (Wildman–Crippen MR) is 98.5 cm³/mol. The van der Waals surface area contributed by atoms with Crippen LogP contribution in [0, 0.1) is 11.3 Å². The van der Waals surface area contributed by atoms with Crippen LogP contribution in [-0.2, 0) is 5.60 Å². The summed E-state index contributed by atoms with van der Waals surface area (Å²) in [6.07, 6.45) is 7.67. The van der Waals surface area contributed by atoms with Gasteiger partial charge in [0.1, 0.15) is 11.7 Å². The monoisotopic (exact) mass is 358 g/mol. The third-order valence-electron chi connectivity index (χ3n) is 5.01. The zero-order chi connectivity index (χ0) is 17.9. The van der Waals surface area contributed by atoms with Crippen molar-refractivity contribution in [2.24, 2.45) is 0 Å². The topological polar surface area (TPSA) is 75.9 Å². The van der Waals surface area contributed by atoms with Crippen molar-refractivity contribution < 1.29 is 5.11 Å². The van der Waals surface area contributed by atoms with Gasteiger partial charge in [-0.1, -0.05) is 18.5 Å². The molecule has 1 aromatic carbocycles. The van der Waals surface area contributed by atoms with E-state index >= 15 is 0 Å². The van der Waals surface area contributed by atoms with Crippen molar-refractivity contribution >= 4 is 17.3 Å². The van der Waals surface area contributed by atoms with Crippen LogP contribution >= 0.6 is 11.6 Å². The lowest BCUT2D eigenvalue weighted by atomic mass is 9.79. The lowest BCUT2D eigenvalue weighted by Crippen LogP contribution is -2.45. The number of nitrogens with zero attached hydrogens (tertiary/aromatic N) is 3. The van der Waals surface area contributed by atoms with Crippen molar-refractivity contribution in [3.63, 3.8) is 0 Å². The Morgan fingerprint density at radius 2 is 2.36 bits per heavy atom. The van der Waals surface area contributed by atoms with Crippen molar-refractivity contribution in [2.45, 2.75) is 50.7 Å². The van der Waals surface area contributed by atoms with Crippen LogP contribution in [0.5, 0.6) is 0 Å². The van der Waals surface area contributed by atoms with Crippen LogP contribution < -0.4 is 4.90 Å². The fourth-order valence-electron chi connectivity index (χ4n) is 3.78. The first-order valence-electron chi connectivity index (χ1n) is 8.75. The minimum Gasteiger partial charge on any atom is -0.384 e. The fraction of sp³-hybridized carbons (Fsp3) is 0.474. The number of aliphatic hydroxyl groups is 1. The first kappa shape index (κ1) is 17.8. The minimum atomic E-state index is -0.873. The van der Waals surface area contributed by atoms with Crippen molar-refractivity contribution in [1.82, 2.24) is 9.97 Å². The maximum absolute atomic E-state index is 11.1. The van der Waals surface area contributed by atoms with Crippen molar-refractivity contribution in [3.05, 3.63) is 47.0 Å². The first-order chi connectivity index (χ1) is 12.1. The molecule has 1 heterocycles. The molecule has 1 aromatic heterocycles. The SMILES string of the molecule is CCCN(c1ccc(C#N)c(Cl)c1)C1CCCC(O)(c2cnc[nH]2)C1. The molecule has 0 radical (unpaired) electrons. The highest BCUT2D eigenvalue weighted by atomic mass is 35.5. The molecule has 1 aliphatic carbocycles. The summed E-state index contributed by atoms with van der Waals surface area (Å²) in [6.45, 7) is 3.02. The van der Waals surface area contributed by atoms with Gasteiger partial charge < -0.3 is 15.0 Å². The van der Waals surface area contributed by atoms with Gasteiger partial charge in [-0.25, -0.2) is 4.98 Å². The Hall–Kier alpha value is -2.03. The molecular weight excluding hydrogens is 336 g/mol. The second-order valence-corrected chi connectivity index (χ2v) is 7.12. The van der Waals surface area contributed by atoms with E-state index in [4.69, 9.17) is 16.9 Å². The number of nitriles is 1. The number of nitrogens with one attached hydrogen (secondary N) is 1. The maximum Gasteiger partial charge on any atom is 0.108 e. The Kier molecular flexibility index (Phi) is 5.31. The van der Waals surface area contributed by atoms with E-state index in [1.165, 1.54) is 0 Å². The fourth-order valence-corrected chi connectivity index (χ4v) is 4.00. The number of benzene rings is 1. The van der Waals surface area contributed by atoms with Crippen LogP contribution in [0.1, 0.15) is 50.3 Å². The standard InChI is InChI=1S/C19H23ClN4O/c1-2-8-24(15-6-5-14(11-21)17(20)9-15)16-4-3-7-19(25,10-16)18-12-22-13-23-18/h5-6,9,12-13,16,25H,2-4,7-8,10H2,1H3,(H,22,23). The Balaban J connectivity index is 1.87. The molecule has 2 unspecified atom stereocenters. The van der Waals surface area contributed by atoms with E-state index in [1.807, 2.05) is 12.1 Å². The zero-order valence-electron chi connectivity index (χ0n) is 14.4. The number of hydrogen-bond acceptors (Lipinski definition) is 4. The molecule has 2 atom stereocenters. The van der Waals surface area contributed by atoms with E-state index in [1.54, 1.807) is 18.6 Å². The van der Waals surface area contributed by atoms with E-state index in [-0.39, 0.29) is 6.04 Å². The molecule has 132 valence electrons. The molecule has 0 aliphatic heterocycles. The van der Waals surface area contributed by atoms with Gasteiger partial charge in [-0.05, 0) is 43.9 Å². The van der Waals surface area contributed by atoms with Gasteiger partial charge in [0.05, 0.1) is 28.8 Å². The number of anilines is 1. The minimum absolute atomic E-state index is 0.214. The van der Waals surface area contributed by atoms with Gasteiger partial charge in [0.2, 0.25) is 0 Å². The highest BCUT2D eigenvalue weighted by molar-refractivity contribution is 6.32. The van der Waals surface area contributed by atoms with E-state index in [2.05, 4.69) is 27.9 Å². The lowest BCUT2D eigenvalue weighted by Gasteiger charge is -2.42. The lowest BCUT2D eigenvalue weighted by molar-refractivity contribution is -0.0119. The Bertz CT molecular complexity index is 755. The summed E-state index contributed by atoms with van der Waals surface area (Å²) in [5, 5.41) is 20.7. The van der Waals surface area contributed by atoms with Crippen LogP contribution in [0.4, 0.5) is 5.69 Å². The number of H-pyrrole nitrogens is 1. The van der Waals surface area contributed by atoms with Crippen LogP contribution in [0.2, 0.25) is 5.02 Å². The zero-order valence-corrected chi connectivity index (χ0v) is 15.1. The van der Waals surface area contributed by atoms with Gasteiger partial charge in [0.25, 0.3) is 0 Å². The maximum atomic E-state index is 11.1. The van der Waals surface area contributed by atoms with Crippen molar-refractivity contribution in [3.8, 4) is 6.07 Å². The summed E-state index contributed by atoms with van der Waals surface area (Å²) >= 11 is 6.24. The molecule has 0 amide bonds. The second kappa shape index (κ2) is 7.47. The molecule has 3 rings (SSSR count). The molecule has 1 saturated carbocycles. The summed E-state index contributed by atoms with van der Waals surface area (Å²) in [6, 6.07) is 7.89. The molecular formula is C19H23ClN4O. The summed E-state index contributed by atoms with van der Waals surface area (Å²) < 4.78 is 0. The molecule has 25 heavy (non-hydrogen) atoms. The Morgan fingerprint density at radius 3 is 3.00 bits per heavy atom. The van der Waals surface area contributed by atoms with Crippen molar-refractivity contribution in [2.75, 3.05) is 11.4 Å². The molecule has 0 spiro atoms. The van der Waals surface area contributed by atoms with E-state index in [9.17, 15) is 5.11 Å². The quantitative estimate of drug-likeness (QED) is 0.847. The number of aromatic amines is 1. The molecule has 0 bridgehead atoms. The Morgan fingerprint density at radius 1 is 1.52 bits per heavy atom. The van der Waals surface area contributed by atoms with E-state index in [0.29, 0.717) is 17.0 Å². The van der Waals surface area contributed by atoms with Gasteiger partial charge in [0, 0.05) is 24.7 Å². The number of aromatic nitrogens is 2. The third kappa shape index (κ3) is 3.65. The molecule has 6 heteroatoms. The number of imidazole rings is 1. The second-order valence-electron chi connectivity index (χ2n) is 6.72. The number of hydrogen-bond donors (Lipinski definition) is 2. The number of rotatable bonds is 5. The van der Waals surface area contributed by atoms with E-state index < -0.39 is 5.60 Å². The predicted octanol–water partition coefficient (Wildman–Crippen LogP) is 3.98. The van der Waals surface area contributed by atoms with Gasteiger partial charge >= 0.3 is 0 Å². The normalized spacial score (nSPS) is 23.2. The first-order valence-corrected chi connectivity index (χ1v) is 9.12. The molecule has 2 N–H and O–H groups in total. The molecule has 0 saturated heterocycles. The van der Waals surface area contributed by atoms with Crippen molar-refractivity contribution in [1.29, 1.82) is 5.26 Å². The van der Waals surface area contributed by atoms with Gasteiger partial charge in [-0.2, -0.15) is 5.26 Å². The summed E-state index contributed by atoms with van der Waals surface area (Å²) in [4.78, 5) is 9.44. The third-order valence-corrected chi connectivity index (χ3v) is 5.32. The van der Waals surface area contributed by atoms with Gasteiger partial charge in [0.15, 0.2) is 0 Å². The number of halogens is 1. The summed E-state index contributed by atoms with van der Waals surface area (Å²) in [5.74, 6) is 0. The molecule has 1 fully saturated rings. The summed E-state index contributed by atoms with van der Waals surface area (Å²) in [5.41, 5.74) is 1.40. The molecule has 5 nitrogen and oxygen atoms in total. The summed E-state index contributed by atoms with van der Waals surface area (Å²) in [7, 11) is 0. The average Bonchev–Trinajstić information content (AvgIpc) is 3.15. The van der Waals surface area contributed by atoms with Gasteiger partial charge in [-0.15, -0.1) is 0 Å². The van der Waals surface area contributed by atoms with E-state index in [0.717, 1.165) is 43.6 Å². The van der Waals surface area contributed by atoms with Crippen LogP contribution in [-0.4, -0.2) is 27.7 Å². The highest BCUT2D eigenvalue weighted by Gasteiger charge is 2.39. The largest absolute Gasteiger partial charge is 0.384 e. The van der Waals surface area contributed by atoms with Crippen LogP contribution in [0.25, 0.3) is 0 Å². The highest BCUT2D eigenvalue weighted by Crippen LogP contribution is 2.39. The smallest absolute Gasteiger partial charge is 0.108 e. The van der Waals surface area contributed by atoms with Crippen LogP contribution in [0.15, 0.2) is 30.7 Å². The van der Waals surface area contributed by atoms with Crippen LogP contribution in [0.3, 0.4) is 0 Å². The van der Waals surface area contributed by atoms with Gasteiger partial charge in [-0.3, -0.25) is 0 Å². The Labute approximate surface area is 153 Å².